The Morgan fingerprint density at radius 2 is 1.93 bits per heavy atom. The number of fused-ring (bicyclic) bond motifs is 1. The Balaban J connectivity index is 1.51. The summed E-state index contributed by atoms with van der Waals surface area (Å²) in [6, 6.07) is 5.60. The van der Waals surface area contributed by atoms with Crippen molar-refractivity contribution in [2.75, 3.05) is 11.4 Å². The van der Waals surface area contributed by atoms with Gasteiger partial charge in [0.05, 0.1) is 5.69 Å². The number of nitrogens with zero attached hydrogens (tertiary/aromatic N) is 4. The highest BCUT2D eigenvalue weighted by molar-refractivity contribution is 5.95. The Morgan fingerprint density at radius 1 is 1.13 bits per heavy atom. The van der Waals surface area contributed by atoms with E-state index in [2.05, 4.69) is 15.4 Å². The average Bonchev–Trinajstić information content (AvgIpc) is 3.11. The van der Waals surface area contributed by atoms with Crippen LogP contribution in [-0.2, 0) is 16.1 Å². The number of hydrogen-bond donors (Lipinski definition) is 3. The van der Waals surface area contributed by atoms with Crippen molar-refractivity contribution in [2.24, 2.45) is 11.5 Å². The third-order valence-corrected chi connectivity index (χ3v) is 4.75. The summed E-state index contributed by atoms with van der Waals surface area (Å²) < 4.78 is 1.83. The van der Waals surface area contributed by atoms with E-state index in [1.807, 2.05) is 36.7 Å². The van der Waals surface area contributed by atoms with Crippen molar-refractivity contribution in [3.8, 4) is 0 Å². The molecule has 0 unspecified atom stereocenters. The summed E-state index contributed by atoms with van der Waals surface area (Å²) in [5.74, 6) is 0.504. The van der Waals surface area contributed by atoms with E-state index in [1.54, 1.807) is 17.2 Å². The molecule has 0 bridgehead atoms. The quantitative estimate of drug-likeness (QED) is 0.617. The van der Waals surface area contributed by atoms with Gasteiger partial charge in [-0.1, -0.05) is 0 Å². The molecule has 0 aromatic carbocycles. The van der Waals surface area contributed by atoms with E-state index in [9.17, 15) is 9.59 Å². The molecule has 9 heteroatoms. The van der Waals surface area contributed by atoms with Crippen molar-refractivity contribution in [3.63, 3.8) is 0 Å². The van der Waals surface area contributed by atoms with Crippen molar-refractivity contribution in [1.82, 2.24) is 20.1 Å². The lowest BCUT2D eigenvalue weighted by molar-refractivity contribution is -0.124. The normalized spacial score (nSPS) is 14.4. The first-order chi connectivity index (χ1) is 14.3. The van der Waals surface area contributed by atoms with Crippen LogP contribution in [0.3, 0.4) is 0 Å². The SMILES string of the molecule is Cc1ccc(/C(N)=C/C=C(\N)NC(=O)CCC(=O)N2CCCn3nc(C)cc32)cn1. The zero-order chi connectivity index (χ0) is 21.7. The highest BCUT2D eigenvalue weighted by Gasteiger charge is 2.24. The molecule has 0 aliphatic carbocycles. The van der Waals surface area contributed by atoms with Gasteiger partial charge in [0, 0.05) is 55.1 Å². The number of carbonyl (C=O) groups is 2. The van der Waals surface area contributed by atoms with Crippen molar-refractivity contribution < 1.29 is 9.59 Å². The minimum absolute atomic E-state index is 0.0398. The van der Waals surface area contributed by atoms with Gasteiger partial charge in [-0.15, -0.1) is 0 Å². The molecular weight excluding hydrogens is 382 g/mol. The van der Waals surface area contributed by atoms with Crippen LogP contribution in [-0.4, -0.2) is 33.1 Å². The molecule has 9 nitrogen and oxygen atoms in total. The van der Waals surface area contributed by atoms with Crippen molar-refractivity contribution in [3.05, 3.63) is 59.3 Å². The molecule has 0 saturated heterocycles. The van der Waals surface area contributed by atoms with Gasteiger partial charge in [0.15, 0.2) is 0 Å². The molecule has 0 saturated carbocycles. The first-order valence-corrected chi connectivity index (χ1v) is 9.84. The largest absolute Gasteiger partial charge is 0.398 e. The summed E-state index contributed by atoms with van der Waals surface area (Å²) in [5, 5.41) is 6.95. The standard InChI is InChI=1S/C21H27N7O2/c1-14-4-5-16(13-24-14)17(22)6-7-18(23)25-19(29)8-9-21(30)27-10-3-11-28-20(27)12-15(2)26-28/h4-7,12-13H,3,8-11,22-23H2,1-2H3,(H,25,29)/b17-6-,18-7+. The topological polar surface area (TPSA) is 132 Å². The number of aromatic nitrogens is 3. The van der Waals surface area contributed by atoms with Gasteiger partial charge in [0.25, 0.3) is 0 Å². The van der Waals surface area contributed by atoms with Gasteiger partial charge in [-0.3, -0.25) is 19.5 Å². The molecule has 0 atom stereocenters. The first kappa shape index (κ1) is 21.1. The van der Waals surface area contributed by atoms with Crippen LogP contribution in [0, 0.1) is 13.8 Å². The fourth-order valence-electron chi connectivity index (χ4n) is 3.19. The smallest absolute Gasteiger partial charge is 0.228 e. The fourth-order valence-corrected chi connectivity index (χ4v) is 3.19. The summed E-state index contributed by atoms with van der Waals surface area (Å²) in [6.45, 7) is 5.21. The van der Waals surface area contributed by atoms with E-state index < -0.39 is 0 Å². The molecule has 0 spiro atoms. The predicted octanol–water partition coefficient (Wildman–Crippen LogP) is 1.33. The lowest BCUT2D eigenvalue weighted by Crippen LogP contribution is -2.38. The zero-order valence-electron chi connectivity index (χ0n) is 17.3. The van der Waals surface area contributed by atoms with Crippen LogP contribution in [0.1, 0.15) is 36.2 Å². The Bertz CT molecular complexity index is 989. The number of hydrogen-bond acceptors (Lipinski definition) is 6. The van der Waals surface area contributed by atoms with Crippen LogP contribution in [0.4, 0.5) is 5.82 Å². The van der Waals surface area contributed by atoms with E-state index in [4.69, 9.17) is 11.5 Å². The number of rotatable bonds is 6. The highest BCUT2D eigenvalue weighted by Crippen LogP contribution is 2.22. The summed E-state index contributed by atoms with van der Waals surface area (Å²) in [4.78, 5) is 30.6. The molecule has 1 aliphatic rings. The molecule has 5 N–H and O–H groups in total. The molecule has 158 valence electrons. The van der Waals surface area contributed by atoms with Crippen LogP contribution < -0.4 is 21.7 Å². The van der Waals surface area contributed by atoms with Crippen LogP contribution in [0.5, 0.6) is 0 Å². The molecule has 2 aromatic heterocycles. The number of amides is 2. The van der Waals surface area contributed by atoms with Crippen molar-refractivity contribution in [2.45, 2.75) is 39.7 Å². The fraction of sp³-hybridized carbons (Fsp3) is 0.333. The van der Waals surface area contributed by atoms with E-state index in [0.717, 1.165) is 35.7 Å². The Hall–Kier alpha value is -3.62. The van der Waals surface area contributed by atoms with E-state index in [1.165, 1.54) is 6.08 Å². The van der Waals surface area contributed by atoms with E-state index in [-0.39, 0.29) is 30.5 Å². The van der Waals surface area contributed by atoms with Gasteiger partial charge in [0.2, 0.25) is 11.8 Å². The van der Waals surface area contributed by atoms with Gasteiger partial charge in [-0.05, 0) is 44.6 Å². The maximum absolute atomic E-state index is 12.6. The van der Waals surface area contributed by atoms with E-state index >= 15 is 0 Å². The summed E-state index contributed by atoms with van der Waals surface area (Å²) >= 11 is 0. The second-order valence-corrected chi connectivity index (χ2v) is 7.25. The highest BCUT2D eigenvalue weighted by atomic mass is 16.2. The Labute approximate surface area is 175 Å². The van der Waals surface area contributed by atoms with Gasteiger partial charge in [-0.2, -0.15) is 5.10 Å². The number of pyridine rings is 1. The summed E-state index contributed by atoms with van der Waals surface area (Å²) in [5.41, 5.74) is 14.8. The third-order valence-electron chi connectivity index (χ3n) is 4.75. The summed E-state index contributed by atoms with van der Waals surface area (Å²) in [7, 11) is 0. The number of anilines is 1. The lowest BCUT2D eigenvalue weighted by Gasteiger charge is -2.27. The van der Waals surface area contributed by atoms with Crippen LogP contribution in [0.25, 0.3) is 5.70 Å². The summed E-state index contributed by atoms with van der Waals surface area (Å²) in [6.07, 6.45) is 5.76. The minimum atomic E-state index is -0.331. The number of aryl methyl sites for hydroxylation is 3. The minimum Gasteiger partial charge on any atom is -0.398 e. The number of allylic oxidation sites excluding steroid dienone is 2. The van der Waals surface area contributed by atoms with Gasteiger partial charge < -0.3 is 16.8 Å². The first-order valence-electron chi connectivity index (χ1n) is 9.84. The average molecular weight is 409 g/mol. The molecule has 1 aliphatic heterocycles. The molecule has 0 fully saturated rings. The lowest BCUT2D eigenvalue weighted by atomic mass is 10.2. The molecule has 3 heterocycles. The number of nitrogens with two attached hydrogens (primary N) is 2. The van der Waals surface area contributed by atoms with Crippen LogP contribution in [0.2, 0.25) is 0 Å². The monoisotopic (exact) mass is 409 g/mol. The second kappa shape index (κ2) is 9.25. The third kappa shape index (κ3) is 5.25. The maximum atomic E-state index is 12.6. The van der Waals surface area contributed by atoms with Crippen LogP contribution >= 0.6 is 0 Å². The van der Waals surface area contributed by atoms with Crippen LogP contribution in [0.15, 0.2) is 42.4 Å². The maximum Gasteiger partial charge on any atom is 0.228 e. The van der Waals surface area contributed by atoms with Crippen molar-refractivity contribution in [1.29, 1.82) is 0 Å². The van der Waals surface area contributed by atoms with E-state index in [0.29, 0.717) is 12.2 Å². The van der Waals surface area contributed by atoms with Gasteiger partial charge in [-0.25, -0.2) is 4.68 Å². The molecule has 30 heavy (non-hydrogen) atoms. The Morgan fingerprint density at radius 3 is 2.67 bits per heavy atom. The Kier molecular flexibility index (Phi) is 6.51. The molecule has 2 aromatic rings. The number of nitrogens with one attached hydrogen (secondary N) is 1. The zero-order valence-corrected chi connectivity index (χ0v) is 17.3. The molecular formula is C21H27N7O2. The molecule has 3 rings (SSSR count). The predicted molar refractivity (Wildman–Crippen MR) is 115 cm³/mol. The van der Waals surface area contributed by atoms with Gasteiger partial charge >= 0.3 is 0 Å². The molecule has 0 radical (unpaired) electrons. The molecule has 2 amide bonds. The van der Waals surface area contributed by atoms with Gasteiger partial charge in [0.1, 0.15) is 11.6 Å². The van der Waals surface area contributed by atoms with Crippen molar-refractivity contribution >= 4 is 23.3 Å². The number of carbonyl (C=O) groups excluding carboxylic acids is 2. The second-order valence-electron chi connectivity index (χ2n) is 7.25.